The molecule has 0 aliphatic rings. The van der Waals surface area contributed by atoms with Crippen molar-refractivity contribution in [3.63, 3.8) is 0 Å². The Kier molecular flexibility index (Phi) is 7.63. The number of methoxy groups -OCH3 is 1. The molecule has 6 nitrogen and oxygen atoms in total. The number of hydrogen-bond acceptors (Lipinski definition) is 5. The third kappa shape index (κ3) is 5.41. The Labute approximate surface area is 185 Å². The highest BCUT2D eigenvalue weighted by atomic mass is 32.1. The van der Waals surface area contributed by atoms with Crippen molar-refractivity contribution in [3.05, 3.63) is 58.4 Å². The van der Waals surface area contributed by atoms with E-state index in [9.17, 15) is 9.59 Å². The minimum Gasteiger partial charge on any atom is -0.494 e. The lowest BCUT2D eigenvalue weighted by Gasteiger charge is -2.05. The van der Waals surface area contributed by atoms with Crippen LogP contribution < -0.4 is 9.54 Å². The monoisotopic (exact) mass is 436 g/mol. The number of rotatable bonds is 8. The predicted molar refractivity (Wildman–Crippen MR) is 121 cm³/mol. The van der Waals surface area contributed by atoms with Gasteiger partial charge in [0.2, 0.25) is 0 Å². The van der Waals surface area contributed by atoms with Gasteiger partial charge in [-0.25, -0.2) is 4.79 Å². The molecule has 1 heterocycles. The molecule has 160 valence electrons. The van der Waals surface area contributed by atoms with Crippen LogP contribution in [0.3, 0.4) is 0 Å². The summed E-state index contributed by atoms with van der Waals surface area (Å²) in [6, 6.07) is 12.1. The third-order valence-corrected chi connectivity index (χ3v) is 5.71. The van der Waals surface area contributed by atoms with Crippen molar-refractivity contribution >= 4 is 33.4 Å². The van der Waals surface area contributed by atoms with Crippen molar-refractivity contribution in [2.75, 3.05) is 13.7 Å². The third-order valence-electron chi connectivity index (χ3n) is 4.67. The summed E-state index contributed by atoms with van der Waals surface area (Å²) in [6.07, 6.45) is 8.79. The molecule has 0 spiro atoms. The van der Waals surface area contributed by atoms with Crippen molar-refractivity contribution in [1.82, 2.24) is 4.57 Å². The largest absolute Gasteiger partial charge is 0.494 e. The molecule has 31 heavy (non-hydrogen) atoms. The van der Waals surface area contributed by atoms with Crippen molar-refractivity contribution in [1.29, 1.82) is 0 Å². The number of carbonyl (C=O) groups is 2. The summed E-state index contributed by atoms with van der Waals surface area (Å²) < 4.78 is 13.0. The average Bonchev–Trinajstić information content (AvgIpc) is 3.13. The molecular formula is C24H24N2O4S. The molecule has 0 aliphatic heterocycles. The Bertz CT molecular complexity index is 1180. The summed E-state index contributed by atoms with van der Waals surface area (Å²) in [5, 5.41) is 0. The minimum atomic E-state index is -0.426. The van der Waals surface area contributed by atoms with Crippen LogP contribution in [0.5, 0.6) is 5.75 Å². The molecule has 0 unspecified atom stereocenters. The summed E-state index contributed by atoms with van der Waals surface area (Å²) in [5.41, 5.74) is 1.69. The zero-order valence-electron chi connectivity index (χ0n) is 17.6. The Hall–Kier alpha value is -3.37. The number of nitrogens with zero attached hydrogens (tertiary/aromatic N) is 2. The Balaban J connectivity index is 1.88. The number of fused-ring (bicyclic) bond motifs is 1. The molecule has 2 aromatic carbocycles. The van der Waals surface area contributed by atoms with Gasteiger partial charge in [0.15, 0.2) is 4.80 Å². The van der Waals surface area contributed by atoms with Crippen LogP contribution in [0.2, 0.25) is 0 Å². The maximum atomic E-state index is 12.7. The smallest absolute Gasteiger partial charge is 0.337 e. The zero-order chi connectivity index (χ0) is 22.2. The number of thiazole rings is 1. The summed E-state index contributed by atoms with van der Waals surface area (Å²) in [4.78, 5) is 29.3. The van der Waals surface area contributed by atoms with E-state index >= 15 is 0 Å². The Morgan fingerprint density at radius 1 is 1.13 bits per heavy atom. The summed E-state index contributed by atoms with van der Waals surface area (Å²) >= 11 is 1.30. The summed E-state index contributed by atoms with van der Waals surface area (Å²) in [7, 11) is 1.33. The van der Waals surface area contributed by atoms with E-state index in [2.05, 4.69) is 17.8 Å². The molecule has 3 aromatic rings. The fourth-order valence-electron chi connectivity index (χ4n) is 3.03. The van der Waals surface area contributed by atoms with Gasteiger partial charge in [0, 0.05) is 5.56 Å². The van der Waals surface area contributed by atoms with Crippen molar-refractivity contribution in [3.8, 4) is 18.1 Å². The van der Waals surface area contributed by atoms with Gasteiger partial charge in [0.25, 0.3) is 5.91 Å². The average molecular weight is 437 g/mol. The van der Waals surface area contributed by atoms with Gasteiger partial charge in [0.05, 0.1) is 36.0 Å². The first-order chi connectivity index (χ1) is 15.1. The second-order valence-electron chi connectivity index (χ2n) is 6.85. The van der Waals surface area contributed by atoms with E-state index in [0.717, 1.165) is 35.2 Å². The topological polar surface area (TPSA) is 69.9 Å². The number of aromatic nitrogens is 1. The van der Waals surface area contributed by atoms with E-state index in [-0.39, 0.29) is 12.5 Å². The normalized spacial score (nSPS) is 11.3. The number of carbonyl (C=O) groups excluding carboxylic acids is 2. The van der Waals surface area contributed by atoms with Gasteiger partial charge >= 0.3 is 5.97 Å². The Morgan fingerprint density at radius 3 is 2.55 bits per heavy atom. The molecule has 0 fully saturated rings. The van der Waals surface area contributed by atoms with Gasteiger partial charge in [-0.15, -0.1) is 6.42 Å². The molecular weight excluding hydrogens is 412 g/mol. The van der Waals surface area contributed by atoms with E-state index in [1.165, 1.54) is 18.4 Å². The van der Waals surface area contributed by atoms with Gasteiger partial charge in [-0.3, -0.25) is 4.79 Å². The van der Waals surface area contributed by atoms with Gasteiger partial charge in [-0.1, -0.05) is 37.0 Å². The Morgan fingerprint density at radius 2 is 1.87 bits per heavy atom. The van der Waals surface area contributed by atoms with Crippen LogP contribution in [0.25, 0.3) is 10.2 Å². The predicted octanol–water partition coefficient (Wildman–Crippen LogP) is 4.43. The fourth-order valence-corrected chi connectivity index (χ4v) is 4.10. The van der Waals surface area contributed by atoms with Gasteiger partial charge in [-0.2, -0.15) is 4.99 Å². The van der Waals surface area contributed by atoms with Crippen LogP contribution in [0, 0.1) is 12.3 Å². The molecule has 3 rings (SSSR count). The lowest BCUT2D eigenvalue weighted by molar-refractivity contribution is 0.0600. The lowest BCUT2D eigenvalue weighted by Crippen LogP contribution is -2.16. The van der Waals surface area contributed by atoms with Gasteiger partial charge in [0.1, 0.15) is 5.75 Å². The number of ether oxygens (including phenoxy) is 2. The zero-order valence-corrected chi connectivity index (χ0v) is 18.4. The number of terminal acetylenes is 1. The molecule has 1 aromatic heterocycles. The highest BCUT2D eigenvalue weighted by Gasteiger charge is 2.12. The number of amides is 1. The summed E-state index contributed by atoms with van der Waals surface area (Å²) in [6.45, 7) is 3.06. The molecule has 0 radical (unpaired) electrons. The van der Waals surface area contributed by atoms with E-state index in [1.807, 2.05) is 0 Å². The van der Waals surface area contributed by atoms with Crippen LogP contribution >= 0.6 is 11.3 Å². The van der Waals surface area contributed by atoms with Gasteiger partial charge < -0.3 is 14.0 Å². The molecule has 0 aliphatic carbocycles. The standard InChI is InChI=1S/C24H24N2O4S/c1-4-6-7-15-30-19-11-8-17(9-12-19)22(27)25-24-26(14-5-2)20-13-10-18(23(28)29-3)16-21(20)31-24/h2,8-13,16H,4,6-7,14-15H2,1,3H3. The number of unbranched alkanes of at least 4 members (excludes halogenated alkanes) is 2. The second kappa shape index (κ2) is 10.6. The quantitative estimate of drug-likeness (QED) is 0.298. The lowest BCUT2D eigenvalue weighted by atomic mass is 10.2. The van der Waals surface area contributed by atoms with Crippen LogP contribution in [0.15, 0.2) is 47.5 Å². The first kappa shape index (κ1) is 22.3. The molecule has 0 bridgehead atoms. The maximum Gasteiger partial charge on any atom is 0.337 e. The second-order valence-corrected chi connectivity index (χ2v) is 7.85. The number of esters is 1. The van der Waals surface area contributed by atoms with Crippen LogP contribution in [0.4, 0.5) is 0 Å². The molecule has 1 amide bonds. The van der Waals surface area contributed by atoms with Crippen molar-refractivity contribution in [2.45, 2.75) is 32.7 Å². The van der Waals surface area contributed by atoms with Crippen LogP contribution in [-0.4, -0.2) is 30.2 Å². The first-order valence-corrected chi connectivity index (χ1v) is 10.9. The van der Waals surface area contributed by atoms with Crippen LogP contribution in [0.1, 0.15) is 46.9 Å². The van der Waals surface area contributed by atoms with Crippen LogP contribution in [-0.2, 0) is 11.3 Å². The first-order valence-electron chi connectivity index (χ1n) is 10.0. The molecule has 0 saturated heterocycles. The molecule has 0 atom stereocenters. The van der Waals surface area contributed by atoms with E-state index < -0.39 is 5.97 Å². The molecule has 0 N–H and O–H groups in total. The number of benzene rings is 2. The van der Waals surface area contributed by atoms with E-state index in [1.54, 1.807) is 47.0 Å². The maximum absolute atomic E-state index is 12.7. The molecule has 7 heteroatoms. The number of hydrogen-bond donors (Lipinski definition) is 0. The van der Waals surface area contributed by atoms with Gasteiger partial charge in [-0.05, 0) is 48.9 Å². The minimum absolute atomic E-state index is 0.258. The van der Waals surface area contributed by atoms with E-state index in [0.29, 0.717) is 22.5 Å². The SMILES string of the molecule is C#CCn1c(=NC(=O)c2ccc(OCCCCC)cc2)sc2cc(C(=O)OC)ccc21. The van der Waals surface area contributed by atoms with E-state index in [4.69, 9.17) is 15.9 Å². The van der Waals surface area contributed by atoms with Crippen molar-refractivity contribution in [2.24, 2.45) is 4.99 Å². The highest BCUT2D eigenvalue weighted by molar-refractivity contribution is 7.16. The van der Waals surface area contributed by atoms with Crippen molar-refractivity contribution < 1.29 is 19.1 Å². The molecule has 0 saturated carbocycles. The summed E-state index contributed by atoms with van der Waals surface area (Å²) in [5.74, 6) is 2.52. The highest BCUT2D eigenvalue weighted by Crippen LogP contribution is 2.20. The fraction of sp³-hybridized carbons (Fsp3) is 0.292.